The first kappa shape index (κ1) is 15.7. The van der Waals surface area contributed by atoms with E-state index in [1.165, 1.54) is 31.2 Å². The summed E-state index contributed by atoms with van der Waals surface area (Å²) >= 11 is 0. The van der Waals surface area contributed by atoms with E-state index in [9.17, 15) is 0 Å². The van der Waals surface area contributed by atoms with Crippen LogP contribution in [0.4, 0.5) is 0 Å². The molecule has 24 heavy (non-hydrogen) atoms. The lowest BCUT2D eigenvalue weighted by molar-refractivity contribution is 0.120. The van der Waals surface area contributed by atoms with Gasteiger partial charge < -0.3 is 4.90 Å². The first-order valence-corrected chi connectivity index (χ1v) is 9.08. The van der Waals surface area contributed by atoms with E-state index < -0.39 is 0 Å². The Morgan fingerprint density at radius 3 is 2.42 bits per heavy atom. The summed E-state index contributed by atoms with van der Waals surface area (Å²) in [6, 6.07) is 11.3. The van der Waals surface area contributed by atoms with E-state index in [0.717, 1.165) is 32.0 Å². The molecule has 1 saturated carbocycles. The van der Waals surface area contributed by atoms with Gasteiger partial charge in [0.2, 0.25) is 0 Å². The lowest BCUT2D eigenvalue weighted by atomic mass is 10.0. The third kappa shape index (κ3) is 3.08. The summed E-state index contributed by atoms with van der Waals surface area (Å²) in [4.78, 5) is 4.92. The lowest BCUT2D eigenvalue weighted by Gasteiger charge is -2.37. The monoisotopic (exact) mass is 326 g/mol. The Hall–Kier alpha value is -1.79. The standard InChI is InChI=1S/C18H26N6/c1-22-11-13-23(14-12-22)17(15-7-3-2-4-8-15)18-19-20-21-24(18)16-9-5-6-10-16/h2-4,7-8,16-17H,5-6,9-14H2,1H3/t17-/m0/s1. The molecule has 1 saturated heterocycles. The van der Waals surface area contributed by atoms with Gasteiger partial charge in [0.15, 0.2) is 5.82 Å². The Balaban J connectivity index is 1.69. The van der Waals surface area contributed by atoms with E-state index in [-0.39, 0.29) is 6.04 Å². The van der Waals surface area contributed by atoms with Crippen molar-refractivity contribution in [3.8, 4) is 0 Å². The second-order valence-corrected chi connectivity index (χ2v) is 7.07. The molecule has 0 amide bonds. The zero-order chi connectivity index (χ0) is 16.4. The summed E-state index contributed by atoms with van der Waals surface area (Å²) in [5.74, 6) is 1.01. The van der Waals surface area contributed by atoms with Crippen molar-refractivity contribution < 1.29 is 0 Å². The van der Waals surface area contributed by atoms with E-state index in [0.29, 0.717) is 6.04 Å². The summed E-state index contributed by atoms with van der Waals surface area (Å²) in [7, 11) is 2.19. The summed E-state index contributed by atoms with van der Waals surface area (Å²) in [5, 5.41) is 12.9. The number of hydrogen-bond acceptors (Lipinski definition) is 5. The molecule has 1 atom stereocenters. The summed E-state index contributed by atoms with van der Waals surface area (Å²) in [6.45, 7) is 4.28. The Labute approximate surface area is 143 Å². The number of hydrogen-bond donors (Lipinski definition) is 0. The Morgan fingerprint density at radius 2 is 1.71 bits per heavy atom. The highest BCUT2D eigenvalue weighted by Gasteiger charge is 2.32. The average Bonchev–Trinajstić information content (AvgIpc) is 3.29. The van der Waals surface area contributed by atoms with E-state index in [1.54, 1.807) is 0 Å². The Kier molecular flexibility index (Phi) is 4.58. The molecule has 0 radical (unpaired) electrons. The molecule has 2 aliphatic rings. The van der Waals surface area contributed by atoms with Crippen LogP contribution >= 0.6 is 0 Å². The summed E-state index contributed by atoms with van der Waals surface area (Å²) in [5.41, 5.74) is 1.29. The van der Waals surface area contributed by atoms with Crippen molar-refractivity contribution in [2.45, 2.75) is 37.8 Å². The number of tetrazole rings is 1. The van der Waals surface area contributed by atoms with E-state index in [4.69, 9.17) is 0 Å². The van der Waals surface area contributed by atoms with Crippen LogP contribution in [0.5, 0.6) is 0 Å². The second kappa shape index (κ2) is 6.99. The fraction of sp³-hybridized carbons (Fsp3) is 0.611. The molecule has 1 aromatic carbocycles. The minimum absolute atomic E-state index is 0.149. The predicted octanol–water partition coefficient (Wildman–Crippen LogP) is 2.12. The SMILES string of the molecule is CN1CCN([C@@H](c2ccccc2)c2nnnn2C2CCCC2)CC1. The maximum atomic E-state index is 4.48. The molecule has 0 unspecified atom stereocenters. The van der Waals surface area contributed by atoms with Crippen LogP contribution in [0.25, 0.3) is 0 Å². The smallest absolute Gasteiger partial charge is 0.173 e. The highest BCUT2D eigenvalue weighted by Crippen LogP contribution is 2.34. The van der Waals surface area contributed by atoms with Crippen LogP contribution in [-0.4, -0.2) is 63.2 Å². The number of nitrogens with zero attached hydrogens (tertiary/aromatic N) is 6. The van der Waals surface area contributed by atoms with Crippen LogP contribution in [0.3, 0.4) is 0 Å². The molecule has 2 heterocycles. The summed E-state index contributed by atoms with van der Waals surface area (Å²) in [6.07, 6.45) is 4.97. The molecule has 0 N–H and O–H groups in total. The van der Waals surface area contributed by atoms with Crippen molar-refractivity contribution in [2.24, 2.45) is 0 Å². The van der Waals surface area contributed by atoms with Crippen LogP contribution < -0.4 is 0 Å². The van der Waals surface area contributed by atoms with Crippen LogP contribution in [0.2, 0.25) is 0 Å². The van der Waals surface area contributed by atoms with Crippen molar-refractivity contribution in [1.82, 2.24) is 30.0 Å². The molecule has 1 aliphatic heterocycles. The molecule has 2 fully saturated rings. The van der Waals surface area contributed by atoms with Gasteiger partial charge in [0, 0.05) is 26.2 Å². The van der Waals surface area contributed by atoms with Crippen LogP contribution in [-0.2, 0) is 0 Å². The first-order chi connectivity index (χ1) is 11.8. The minimum Gasteiger partial charge on any atom is -0.304 e. The Bertz CT molecular complexity index is 641. The van der Waals surface area contributed by atoms with Gasteiger partial charge in [0.1, 0.15) is 0 Å². The number of likely N-dealkylation sites (N-methyl/N-ethyl adjacent to an activating group) is 1. The average molecular weight is 326 g/mol. The van der Waals surface area contributed by atoms with Gasteiger partial charge in [0.05, 0.1) is 12.1 Å². The van der Waals surface area contributed by atoms with Gasteiger partial charge in [-0.05, 0) is 35.9 Å². The lowest BCUT2D eigenvalue weighted by Crippen LogP contribution is -2.46. The van der Waals surface area contributed by atoms with Crippen molar-refractivity contribution >= 4 is 0 Å². The number of aromatic nitrogens is 4. The molecule has 0 bridgehead atoms. The molecule has 4 rings (SSSR count). The molecule has 128 valence electrons. The van der Waals surface area contributed by atoms with E-state index in [1.807, 2.05) is 0 Å². The van der Waals surface area contributed by atoms with Gasteiger partial charge >= 0.3 is 0 Å². The van der Waals surface area contributed by atoms with Crippen LogP contribution in [0, 0.1) is 0 Å². The van der Waals surface area contributed by atoms with Crippen molar-refractivity contribution in [1.29, 1.82) is 0 Å². The zero-order valence-electron chi connectivity index (χ0n) is 14.4. The number of benzene rings is 1. The van der Waals surface area contributed by atoms with Gasteiger partial charge in [-0.15, -0.1) is 5.10 Å². The van der Waals surface area contributed by atoms with Crippen molar-refractivity contribution in [3.63, 3.8) is 0 Å². The van der Waals surface area contributed by atoms with E-state index >= 15 is 0 Å². The molecule has 1 aromatic heterocycles. The maximum Gasteiger partial charge on any atom is 0.173 e. The fourth-order valence-corrected chi connectivity index (χ4v) is 4.03. The van der Waals surface area contributed by atoms with Gasteiger partial charge in [-0.2, -0.15) is 0 Å². The minimum atomic E-state index is 0.149. The normalized spacial score (nSPS) is 22.0. The fourth-order valence-electron chi connectivity index (χ4n) is 4.03. The zero-order valence-corrected chi connectivity index (χ0v) is 14.4. The maximum absolute atomic E-state index is 4.48. The quantitative estimate of drug-likeness (QED) is 0.861. The van der Waals surface area contributed by atoms with Gasteiger partial charge in [-0.3, -0.25) is 4.90 Å². The molecular formula is C18H26N6. The largest absolute Gasteiger partial charge is 0.304 e. The first-order valence-electron chi connectivity index (χ1n) is 9.08. The van der Waals surface area contributed by atoms with Crippen molar-refractivity contribution in [3.05, 3.63) is 41.7 Å². The number of piperazine rings is 1. The van der Waals surface area contributed by atoms with Gasteiger partial charge in [-0.25, -0.2) is 4.68 Å². The molecule has 6 nitrogen and oxygen atoms in total. The Morgan fingerprint density at radius 1 is 1.00 bits per heavy atom. The molecular weight excluding hydrogens is 300 g/mol. The number of rotatable bonds is 4. The summed E-state index contributed by atoms with van der Waals surface area (Å²) < 4.78 is 2.11. The predicted molar refractivity (Wildman–Crippen MR) is 92.7 cm³/mol. The van der Waals surface area contributed by atoms with Gasteiger partial charge in [0.25, 0.3) is 0 Å². The molecule has 6 heteroatoms. The highest BCUT2D eigenvalue weighted by molar-refractivity contribution is 5.25. The van der Waals surface area contributed by atoms with Crippen LogP contribution in [0.15, 0.2) is 30.3 Å². The third-order valence-corrected chi connectivity index (χ3v) is 5.45. The topological polar surface area (TPSA) is 50.1 Å². The third-order valence-electron chi connectivity index (χ3n) is 5.45. The van der Waals surface area contributed by atoms with Crippen molar-refractivity contribution in [2.75, 3.05) is 33.2 Å². The second-order valence-electron chi connectivity index (χ2n) is 7.07. The molecule has 2 aromatic rings. The highest BCUT2D eigenvalue weighted by atomic mass is 15.6. The van der Waals surface area contributed by atoms with Crippen LogP contribution in [0.1, 0.15) is 49.2 Å². The van der Waals surface area contributed by atoms with E-state index in [2.05, 4.69) is 67.4 Å². The molecule has 0 spiro atoms. The van der Waals surface area contributed by atoms with Gasteiger partial charge in [-0.1, -0.05) is 43.2 Å². The molecule has 1 aliphatic carbocycles.